The maximum absolute atomic E-state index is 5.75. The predicted molar refractivity (Wildman–Crippen MR) is 64.5 cm³/mol. The molecular weight excluding hydrogens is 224 g/mol. The van der Waals surface area contributed by atoms with E-state index in [4.69, 9.17) is 16.3 Å². The van der Waals surface area contributed by atoms with Crippen molar-refractivity contribution in [3.63, 3.8) is 0 Å². The second-order valence-electron chi connectivity index (χ2n) is 4.33. The van der Waals surface area contributed by atoms with Crippen LogP contribution < -0.4 is 0 Å². The summed E-state index contributed by atoms with van der Waals surface area (Å²) in [5.41, 5.74) is 1.22. The van der Waals surface area contributed by atoms with Crippen LogP contribution in [0.25, 0.3) is 0 Å². The van der Waals surface area contributed by atoms with E-state index in [0.29, 0.717) is 11.1 Å². The van der Waals surface area contributed by atoms with Crippen LogP contribution in [-0.2, 0) is 11.3 Å². The number of hydrogen-bond donors (Lipinski definition) is 0. The summed E-state index contributed by atoms with van der Waals surface area (Å²) in [7, 11) is 1.77. The molecule has 1 aliphatic heterocycles. The number of ether oxygens (including phenoxy) is 1. The summed E-state index contributed by atoms with van der Waals surface area (Å²) in [6, 6.07) is 3.89. The molecule has 4 heteroatoms. The van der Waals surface area contributed by atoms with Crippen molar-refractivity contribution in [2.45, 2.75) is 13.0 Å². The maximum Gasteiger partial charge on any atom is 0.129 e. The summed E-state index contributed by atoms with van der Waals surface area (Å²) >= 11 is 5.75. The lowest BCUT2D eigenvalue weighted by Gasteiger charge is -2.15. The first-order valence-corrected chi connectivity index (χ1v) is 5.97. The molecule has 0 bridgehead atoms. The van der Waals surface area contributed by atoms with E-state index in [1.165, 1.54) is 12.0 Å². The van der Waals surface area contributed by atoms with E-state index in [0.717, 1.165) is 26.2 Å². The second-order valence-corrected chi connectivity index (χ2v) is 4.72. The molecule has 3 nitrogen and oxygen atoms in total. The van der Waals surface area contributed by atoms with Crippen molar-refractivity contribution in [2.75, 3.05) is 26.8 Å². The Morgan fingerprint density at radius 3 is 3.12 bits per heavy atom. The van der Waals surface area contributed by atoms with Crippen LogP contribution in [0, 0.1) is 5.92 Å². The highest BCUT2D eigenvalue weighted by Gasteiger charge is 2.22. The Kier molecular flexibility index (Phi) is 4.16. The van der Waals surface area contributed by atoms with Crippen LogP contribution in [0.1, 0.15) is 12.0 Å². The average Bonchev–Trinajstić information content (AvgIpc) is 2.70. The van der Waals surface area contributed by atoms with Gasteiger partial charge in [-0.05, 0) is 30.5 Å². The molecule has 1 aromatic rings. The van der Waals surface area contributed by atoms with Gasteiger partial charge in [-0.2, -0.15) is 0 Å². The average molecular weight is 241 g/mol. The molecule has 0 aliphatic carbocycles. The number of likely N-dealkylation sites (tertiary alicyclic amines) is 1. The smallest absolute Gasteiger partial charge is 0.129 e. The van der Waals surface area contributed by atoms with E-state index < -0.39 is 0 Å². The number of aromatic nitrogens is 1. The van der Waals surface area contributed by atoms with Crippen LogP contribution in [0.5, 0.6) is 0 Å². The van der Waals surface area contributed by atoms with Crippen molar-refractivity contribution in [2.24, 2.45) is 5.92 Å². The summed E-state index contributed by atoms with van der Waals surface area (Å²) in [6.07, 6.45) is 3.08. The van der Waals surface area contributed by atoms with Gasteiger partial charge >= 0.3 is 0 Å². The fourth-order valence-corrected chi connectivity index (χ4v) is 2.30. The van der Waals surface area contributed by atoms with Gasteiger partial charge in [-0.25, -0.2) is 4.98 Å². The van der Waals surface area contributed by atoms with Gasteiger partial charge in [0.15, 0.2) is 0 Å². The predicted octanol–water partition coefficient (Wildman–Crippen LogP) is 2.20. The Morgan fingerprint density at radius 1 is 1.56 bits per heavy atom. The molecule has 0 aromatic carbocycles. The lowest BCUT2D eigenvalue weighted by molar-refractivity contribution is 0.152. The standard InChI is InChI=1S/C12H17ClN2O/c1-16-9-11-4-5-15(8-11)7-10-2-3-12(13)14-6-10/h2-3,6,11H,4-5,7-9H2,1H3. The van der Waals surface area contributed by atoms with Gasteiger partial charge in [-0.1, -0.05) is 17.7 Å². The number of pyridine rings is 1. The van der Waals surface area contributed by atoms with Crippen molar-refractivity contribution in [3.8, 4) is 0 Å². The zero-order valence-corrected chi connectivity index (χ0v) is 10.3. The minimum absolute atomic E-state index is 0.558. The van der Waals surface area contributed by atoms with E-state index in [1.807, 2.05) is 18.3 Å². The zero-order chi connectivity index (χ0) is 11.4. The van der Waals surface area contributed by atoms with Gasteiger partial charge < -0.3 is 4.74 Å². The maximum atomic E-state index is 5.75. The molecule has 0 amide bonds. The molecule has 88 valence electrons. The molecule has 1 atom stereocenters. The van der Waals surface area contributed by atoms with Crippen LogP contribution in [0.3, 0.4) is 0 Å². The van der Waals surface area contributed by atoms with Crippen LogP contribution >= 0.6 is 11.6 Å². The summed E-state index contributed by atoms with van der Waals surface area (Å²) in [6.45, 7) is 4.10. The highest BCUT2D eigenvalue weighted by atomic mass is 35.5. The number of halogens is 1. The Morgan fingerprint density at radius 2 is 2.44 bits per heavy atom. The van der Waals surface area contributed by atoms with E-state index in [9.17, 15) is 0 Å². The van der Waals surface area contributed by atoms with Crippen LogP contribution in [0.2, 0.25) is 5.15 Å². The van der Waals surface area contributed by atoms with Gasteiger partial charge in [0.05, 0.1) is 6.61 Å². The molecule has 1 saturated heterocycles. The first-order valence-electron chi connectivity index (χ1n) is 5.59. The van der Waals surface area contributed by atoms with Gasteiger partial charge in [-0.15, -0.1) is 0 Å². The minimum Gasteiger partial charge on any atom is -0.384 e. The van der Waals surface area contributed by atoms with Crippen molar-refractivity contribution < 1.29 is 4.74 Å². The topological polar surface area (TPSA) is 25.4 Å². The minimum atomic E-state index is 0.558. The van der Waals surface area contributed by atoms with Crippen molar-refractivity contribution in [1.82, 2.24) is 9.88 Å². The fraction of sp³-hybridized carbons (Fsp3) is 0.583. The van der Waals surface area contributed by atoms with Gasteiger partial charge in [-0.3, -0.25) is 4.90 Å². The monoisotopic (exact) mass is 240 g/mol. The molecule has 0 N–H and O–H groups in total. The molecule has 1 fully saturated rings. The quantitative estimate of drug-likeness (QED) is 0.755. The molecule has 0 radical (unpaired) electrons. The second kappa shape index (κ2) is 5.62. The molecule has 2 rings (SSSR count). The molecule has 1 aromatic heterocycles. The van der Waals surface area contributed by atoms with Gasteiger partial charge in [0.1, 0.15) is 5.15 Å². The van der Waals surface area contributed by atoms with E-state index >= 15 is 0 Å². The fourth-order valence-electron chi connectivity index (χ4n) is 2.19. The Balaban J connectivity index is 1.84. The molecule has 16 heavy (non-hydrogen) atoms. The largest absolute Gasteiger partial charge is 0.384 e. The van der Waals surface area contributed by atoms with E-state index in [1.54, 1.807) is 7.11 Å². The van der Waals surface area contributed by atoms with Crippen LogP contribution in [0.4, 0.5) is 0 Å². The molecule has 1 unspecified atom stereocenters. The number of nitrogens with zero attached hydrogens (tertiary/aromatic N) is 2. The molecule has 1 aliphatic rings. The lowest BCUT2D eigenvalue weighted by Crippen LogP contribution is -2.21. The lowest BCUT2D eigenvalue weighted by atomic mass is 10.1. The van der Waals surface area contributed by atoms with Crippen LogP contribution in [-0.4, -0.2) is 36.7 Å². The zero-order valence-electron chi connectivity index (χ0n) is 9.53. The Labute approximate surface area is 101 Å². The Bertz CT molecular complexity index is 328. The van der Waals surface area contributed by atoms with Gasteiger partial charge in [0.25, 0.3) is 0 Å². The number of methoxy groups -OCH3 is 1. The number of hydrogen-bond acceptors (Lipinski definition) is 3. The molecular formula is C12H17ClN2O. The van der Waals surface area contributed by atoms with E-state index in [-0.39, 0.29) is 0 Å². The molecule has 0 spiro atoms. The summed E-state index contributed by atoms with van der Waals surface area (Å²) < 4.78 is 5.18. The van der Waals surface area contributed by atoms with Crippen molar-refractivity contribution in [1.29, 1.82) is 0 Å². The third kappa shape index (κ3) is 3.17. The normalized spacial score (nSPS) is 21.5. The van der Waals surface area contributed by atoms with Gasteiger partial charge in [0.2, 0.25) is 0 Å². The van der Waals surface area contributed by atoms with Crippen molar-refractivity contribution in [3.05, 3.63) is 29.0 Å². The number of rotatable bonds is 4. The molecule has 2 heterocycles. The summed E-state index contributed by atoms with van der Waals surface area (Å²) in [5, 5.41) is 0.558. The third-order valence-electron chi connectivity index (χ3n) is 2.97. The summed E-state index contributed by atoms with van der Waals surface area (Å²) in [4.78, 5) is 6.53. The van der Waals surface area contributed by atoms with Crippen LogP contribution in [0.15, 0.2) is 18.3 Å². The first-order chi connectivity index (χ1) is 7.78. The van der Waals surface area contributed by atoms with Crippen molar-refractivity contribution >= 4 is 11.6 Å². The SMILES string of the molecule is COCC1CCN(Cc2ccc(Cl)nc2)C1. The highest BCUT2D eigenvalue weighted by molar-refractivity contribution is 6.29. The Hall–Kier alpha value is -0.640. The van der Waals surface area contributed by atoms with E-state index in [2.05, 4.69) is 9.88 Å². The first kappa shape index (κ1) is 11.8. The third-order valence-corrected chi connectivity index (χ3v) is 3.19. The highest BCUT2D eigenvalue weighted by Crippen LogP contribution is 2.18. The summed E-state index contributed by atoms with van der Waals surface area (Å²) in [5.74, 6) is 0.685. The van der Waals surface area contributed by atoms with Gasteiger partial charge in [0, 0.05) is 26.4 Å². The molecule has 0 saturated carbocycles.